The summed E-state index contributed by atoms with van der Waals surface area (Å²) in [6.07, 6.45) is -4.59. The maximum atomic E-state index is 12.9. The van der Waals surface area contributed by atoms with Gasteiger partial charge < -0.3 is 15.4 Å². The van der Waals surface area contributed by atoms with E-state index >= 15 is 0 Å². The Hall–Kier alpha value is -3.03. The van der Waals surface area contributed by atoms with Gasteiger partial charge in [0.25, 0.3) is 5.91 Å². The van der Waals surface area contributed by atoms with Crippen molar-refractivity contribution in [3.05, 3.63) is 59.7 Å². The van der Waals surface area contributed by atoms with Crippen LogP contribution in [0, 0.1) is 0 Å². The summed E-state index contributed by atoms with van der Waals surface area (Å²) < 4.78 is 43.6. The molecule has 0 unspecified atom stereocenters. The highest BCUT2D eigenvalue weighted by atomic mass is 19.4. The minimum Gasteiger partial charge on any atom is -0.497 e. The second kappa shape index (κ2) is 7.69. The number of alkyl halides is 3. The number of halogens is 3. The molecule has 0 aromatic heterocycles. The van der Waals surface area contributed by atoms with Crippen molar-refractivity contribution in [2.45, 2.75) is 6.18 Å². The number of carbonyl (C=O) groups excluding carboxylic acids is 2. The minimum absolute atomic E-state index is 0.296. The van der Waals surface area contributed by atoms with Crippen molar-refractivity contribution in [1.29, 1.82) is 0 Å². The first kappa shape index (κ1) is 18.3. The fraction of sp³-hybridized carbons (Fsp3) is 0.176. The van der Waals surface area contributed by atoms with Crippen molar-refractivity contribution in [3.63, 3.8) is 0 Å². The van der Waals surface area contributed by atoms with Crippen LogP contribution in [0.1, 0.15) is 15.9 Å². The lowest BCUT2D eigenvalue weighted by Crippen LogP contribution is -2.33. The quantitative estimate of drug-likeness (QED) is 0.869. The van der Waals surface area contributed by atoms with Crippen LogP contribution in [0.3, 0.4) is 0 Å². The van der Waals surface area contributed by atoms with Gasteiger partial charge in [-0.2, -0.15) is 13.2 Å². The van der Waals surface area contributed by atoms with Crippen LogP contribution in [0.4, 0.5) is 18.9 Å². The Morgan fingerprint density at radius 2 is 1.68 bits per heavy atom. The molecule has 2 amide bonds. The molecule has 0 fully saturated rings. The van der Waals surface area contributed by atoms with Gasteiger partial charge in [0.2, 0.25) is 5.91 Å². The van der Waals surface area contributed by atoms with Gasteiger partial charge in [-0.3, -0.25) is 9.59 Å². The van der Waals surface area contributed by atoms with E-state index < -0.39 is 30.1 Å². The number of nitrogens with one attached hydrogen (secondary N) is 2. The third-order valence-corrected chi connectivity index (χ3v) is 3.27. The zero-order valence-corrected chi connectivity index (χ0v) is 13.2. The zero-order chi connectivity index (χ0) is 18.4. The number of anilines is 1. The molecule has 2 rings (SSSR count). The van der Waals surface area contributed by atoms with Gasteiger partial charge in [-0.05, 0) is 36.4 Å². The van der Waals surface area contributed by atoms with Crippen LogP contribution in [-0.2, 0) is 11.0 Å². The second-order valence-corrected chi connectivity index (χ2v) is 5.00. The molecule has 0 aliphatic heterocycles. The molecule has 25 heavy (non-hydrogen) atoms. The lowest BCUT2D eigenvalue weighted by Gasteiger charge is -2.13. The Kier molecular flexibility index (Phi) is 5.63. The van der Waals surface area contributed by atoms with Crippen LogP contribution in [0.15, 0.2) is 48.5 Å². The molecule has 0 radical (unpaired) electrons. The Morgan fingerprint density at radius 3 is 2.28 bits per heavy atom. The SMILES string of the molecule is COc1ccc(C(=O)NCC(=O)Nc2ccccc2C(F)(F)F)cc1. The van der Waals surface area contributed by atoms with Crippen molar-refractivity contribution in [1.82, 2.24) is 5.32 Å². The van der Waals surface area contributed by atoms with E-state index in [4.69, 9.17) is 4.74 Å². The lowest BCUT2D eigenvalue weighted by atomic mass is 10.1. The highest BCUT2D eigenvalue weighted by molar-refractivity contribution is 5.99. The van der Waals surface area contributed by atoms with Gasteiger partial charge in [0.1, 0.15) is 5.75 Å². The van der Waals surface area contributed by atoms with E-state index in [9.17, 15) is 22.8 Å². The lowest BCUT2D eigenvalue weighted by molar-refractivity contribution is -0.137. The summed E-state index contributed by atoms with van der Waals surface area (Å²) in [7, 11) is 1.48. The zero-order valence-electron chi connectivity index (χ0n) is 13.2. The van der Waals surface area contributed by atoms with Gasteiger partial charge >= 0.3 is 6.18 Å². The van der Waals surface area contributed by atoms with Gasteiger partial charge in [-0.25, -0.2) is 0 Å². The third-order valence-electron chi connectivity index (χ3n) is 3.27. The molecule has 0 spiro atoms. The van der Waals surface area contributed by atoms with Gasteiger partial charge in [-0.1, -0.05) is 12.1 Å². The number of para-hydroxylation sites is 1. The van der Waals surface area contributed by atoms with Gasteiger partial charge in [0.05, 0.1) is 24.9 Å². The maximum absolute atomic E-state index is 12.9. The van der Waals surface area contributed by atoms with E-state index in [0.29, 0.717) is 11.3 Å². The molecule has 0 atom stereocenters. The molecule has 8 heteroatoms. The normalized spacial score (nSPS) is 10.9. The maximum Gasteiger partial charge on any atom is 0.418 e. The van der Waals surface area contributed by atoms with Crippen molar-refractivity contribution >= 4 is 17.5 Å². The molecule has 0 saturated carbocycles. The van der Waals surface area contributed by atoms with E-state index in [0.717, 1.165) is 12.1 Å². The van der Waals surface area contributed by atoms with Crippen LogP contribution < -0.4 is 15.4 Å². The number of carbonyl (C=O) groups is 2. The van der Waals surface area contributed by atoms with Crippen LogP contribution in [0.2, 0.25) is 0 Å². The molecule has 0 aliphatic carbocycles. The summed E-state index contributed by atoms with van der Waals surface area (Å²) in [4.78, 5) is 23.7. The van der Waals surface area contributed by atoms with Crippen LogP contribution >= 0.6 is 0 Å². The Morgan fingerprint density at radius 1 is 1.04 bits per heavy atom. The van der Waals surface area contributed by atoms with E-state index in [1.807, 2.05) is 0 Å². The molecule has 5 nitrogen and oxygen atoms in total. The summed E-state index contributed by atoms with van der Waals surface area (Å²) in [6, 6.07) is 10.8. The van der Waals surface area contributed by atoms with Crippen molar-refractivity contribution in [3.8, 4) is 5.75 Å². The van der Waals surface area contributed by atoms with Crippen molar-refractivity contribution < 1.29 is 27.5 Å². The molecule has 2 aromatic carbocycles. The van der Waals surface area contributed by atoms with Crippen molar-refractivity contribution in [2.75, 3.05) is 19.0 Å². The Labute approximate surface area is 141 Å². The smallest absolute Gasteiger partial charge is 0.418 e. The second-order valence-electron chi connectivity index (χ2n) is 5.00. The number of methoxy groups -OCH3 is 1. The predicted octanol–water partition coefficient (Wildman–Crippen LogP) is 3.08. The van der Waals surface area contributed by atoms with E-state index in [1.54, 1.807) is 12.1 Å². The first-order valence-corrected chi connectivity index (χ1v) is 7.19. The molecule has 2 aromatic rings. The fourth-order valence-electron chi connectivity index (χ4n) is 2.04. The monoisotopic (exact) mass is 352 g/mol. The summed E-state index contributed by atoms with van der Waals surface area (Å²) in [5, 5.41) is 4.49. The molecule has 0 bridgehead atoms. The number of benzene rings is 2. The van der Waals surface area contributed by atoms with Gasteiger partial charge in [0.15, 0.2) is 0 Å². The molecular formula is C17H15F3N2O3. The topological polar surface area (TPSA) is 67.4 Å². The standard InChI is InChI=1S/C17H15F3N2O3/c1-25-12-8-6-11(7-9-12)16(24)21-10-15(23)22-14-5-3-2-4-13(14)17(18,19)20/h2-9H,10H2,1H3,(H,21,24)(H,22,23). The Balaban J connectivity index is 1.96. The number of amides is 2. The predicted molar refractivity (Wildman–Crippen MR) is 85.4 cm³/mol. The number of hydrogen-bond acceptors (Lipinski definition) is 3. The van der Waals surface area contributed by atoms with Crippen LogP contribution in [-0.4, -0.2) is 25.5 Å². The highest BCUT2D eigenvalue weighted by Crippen LogP contribution is 2.34. The molecule has 0 saturated heterocycles. The number of ether oxygens (including phenoxy) is 1. The Bertz CT molecular complexity index is 758. The van der Waals surface area contributed by atoms with E-state index in [1.165, 1.54) is 31.4 Å². The molecule has 132 valence electrons. The van der Waals surface area contributed by atoms with E-state index in [-0.39, 0.29) is 5.69 Å². The van der Waals surface area contributed by atoms with E-state index in [2.05, 4.69) is 10.6 Å². The van der Waals surface area contributed by atoms with Gasteiger partial charge in [0, 0.05) is 5.56 Å². The van der Waals surface area contributed by atoms with Crippen LogP contribution in [0.5, 0.6) is 5.75 Å². The highest BCUT2D eigenvalue weighted by Gasteiger charge is 2.33. The summed E-state index contributed by atoms with van der Waals surface area (Å²) in [5.41, 5.74) is -1.02. The average Bonchev–Trinajstić information content (AvgIpc) is 2.59. The first-order chi connectivity index (χ1) is 11.8. The molecule has 2 N–H and O–H groups in total. The summed E-state index contributed by atoms with van der Waals surface area (Å²) in [5.74, 6) is -0.724. The number of hydrogen-bond donors (Lipinski definition) is 2. The fourth-order valence-corrected chi connectivity index (χ4v) is 2.04. The third kappa shape index (κ3) is 4.97. The van der Waals surface area contributed by atoms with Crippen molar-refractivity contribution in [2.24, 2.45) is 0 Å². The minimum atomic E-state index is -4.59. The molecule has 0 heterocycles. The first-order valence-electron chi connectivity index (χ1n) is 7.19. The average molecular weight is 352 g/mol. The largest absolute Gasteiger partial charge is 0.497 e. The summed E-state index contributed by atoms with van der Waals surface area (Å²) in [6.45, 7) is -0.461. The molecular weight excluding hydrogens is 337 g/mol. The summed E-state index contributed by atoms with van der Waals surface area (Å²) >= 11 is 0. The molecule has 0 aliphatic rings. The van der Waals surface area contributed by atoms with Crippen LogP contribution in [0.25, 0.3) is 0 Å². The number of rotatable bonds is 5. The van der Waals surface area contributed by atoms with Gasteiger partial charge in [-0.15, -0.1) is 0 Å².